The summed E-state index contributed by atoms with van der Waals surface area (Å²) in [4.78, 5) is 50.9. The molecule has 1 aliphatic rings. The molecule has 4 aromatic rings. The molecular weight excluding hydrogens is 655 g/mol. The zero-order chi connectivity index (χ0) is 36.1. The molecule has 4 N–H and O–H groups in total. The van der Waals surface area contributed by atoms with E-state index in [4.69, 9.17) is 14.2 Å². The van der Waals surface area contributed by atoms with Gasteiger partial charge in [0.15, 0.2) is 12.4 Å². The molecule has 5 atom stereocenters. The summed E-state index contributed by atoms with van der Waals surface area (Å²) in [7, 11) is 2.93. The Morgan fingerprint density at radius 3 is 2.18 bits per heavy atom. The molecule has 1 aliphatic heterocycles. The summed E-state index contributed by atoms with van der Waals surface area (Å²) in [6, 6.07) is 22.2. The van der Waals surface area contributed by atoms with Crippen LogP contribution in [0.4, 0.5) is 4.39 Å². The van der Waals surface area contributed by atoms with Gasteiger partial charge in [0, 0.05) is 41.2 Å². The van der Waals surface area contributed by atoms with Gasteiger partial charge in [0.25, 0.3) is 11.5 Å². The average molecular weight is 693 g/mol. The normalized spacial score (nSPS) is 20.1. The van der Waals surface area contributed by atoms with Crippen LogP contribution < -0.4 is 26.0 Å². The summed E-state index contributed by atoms with van der Waals surface area (Å²) in [6.07, 6.45) is -4.93. The second-order valence-electron chi connectivity index (χ2n) is 11.8. The van der Waals surface area contributed by atoms with Crippen molar-refractivity contribution in [2.45, 2.75) is 48.3 Å². The van der Waals surface area contributed by atoms with Crippen LogP contribution in [0.25, 0.3) is 0 Å². The van der Waals surface area contributed by atoms with Gasteiger partial charge in [-0.15, -0.1) is 0 Å². The van der Waals surface area contributed by atoms with Crippen LogP contribution in [0.1, 0.15) is 29.5 Å². The molecule has 0 aliphatic carbocycles. The number of amides is 1. The predicted molar refractivity (Wildman–Crippen MR) is 177 cm³/mol. The first-order chi connectivity index (χ1) is 24.0. The minimum absolute atomic E-state index is 0.357. The van der Waals surface area contributed by atoms with Crippen LogP contribution in [-0.4, -0.2) is 82.4 Å². The topological polar surface area (TPSA) is 195 Å². The summed E-state index contributed by atoms with van der Waals surface area (Å²) in [5.74, 6) is -0.453. The lowest BCUT2D eigenvalue weighted by atomic mass is 9.63. The molecule has 0 saturated carbocycles. The fourth-order valence-corrected chi connectivity index (χ4v) is 7.03. The van der Waals surface area contributed by atoms with Crippen LogP contribution in [0, 0.1) is 10.1 Å². The number of hydrogen-bond acceptors (Lipinski definition) is 10. The standard InChI is InChI=1S/C35H37FN4O10/c1-48-26-14-8-6-12-23(26)35(22-10-4-3-5-11-22,24-13-7-9-15-27(24)49-2)32(44)31-25(41)20-34(50-31,39-18-17-29(42)38-33(39)45)28(16-19-40(46)47)37-30(43)21-36/h3-15,17-18,25,28,31-32,41,44H,16,19-21H2,1-2H3,(H,37,43)(H,38,42,45)/t25-,28?,31-,32?,34-/m0/s1. The molecule has 1 saturated heterocycles. The Morgan fingerprint density at radius 1 is 1.06 bits per heavy atom. The van der Waals surface area contributed by atoms with Gasteiger partial charge in [0.1, 0.15) is 23.7 Å². The number of nitro groups is 1. The molecule has 1 fully saturated rings. The molecule has 0 bridgehead atoms. The van der Waals surface area contributed by atoms with Crippen molar-refractivity contribution in [3.8, 4) is 11.5 Å². The molecule has 3 aromatic carbocycles. The number of ether oxygens (including phenoxy) is 3. The number of methoxy groups -OCH3 is 2. The second kappa shape index (κ2) is 15.0. The molecule has 50 heavy (non-hydrogen) atoms. The molecule has 0 radical (unpaired) electrons. The second-order valence-corrected chi connectivity index (χ2v) is 11.8. The minimum Gasteiger partial charge on any atom is -0.496 e. The SMILES string of the molecule is COc1ccccc1C(c1ccccc1)(c1ccccc1OC)C(O)[C@H]1O[C@@](C(CC[N+](=O)[O-])NC(=O)CF)(n2ccc(=O)[nH]c2=O)C[C@@H]1O. The lowest BCUT2D eigenvalue weighted by Gasteiger charge is -2.44. The van der Waals surface area contributed by atoms with Crippen LogP contribution in [-0.2, 0) is 20.7 Å². The van der Waals surface area contributed by atoms with Gasteiger partial charge in [-0.2, -0.15) is 0 Å². The number of carbonyl (C=O) groups is 1. The van der Waals surface area contributed by atoms with E-state index in [9.17, 15) is 39.1 Å². The number of aliphatic hydroxyl groups is 2. The van der Waals surface area contributed by atoms with Crippen LogP contribution in [0.2, 0.25) is 0 Å². The average Bonchev–Trinajstić information content (AvgIpc) is 3.48. The van der Waals surface area contributed by atoms with Crippen LogP contribution in [0.15, 0.2) is 101 Å². The van der Waals surface area contributed by atoms with E-state index >= 15 is 0 Å². The Balaban J connectivity index is 1.81. The van der Waals surface area contributed by atoms with Gasteiger partial charge >= 0.3 is 5.69 Å². The molecule has 264 valence electrons. The van der Waals surface area contributed by atoms with Crippen molar-refractivity contribution in [1.29, 1.82) is 0 Å². The van der Waals surface area contributed by atoms with Crippen LogP contribution >= 0.6 is 0 Å². The molecule has 1 amide bonds. The number of para-hydroxylation sites is 2. The Kier molecular flexibility index (Phi) is 10.8. The Bertz CT molecular complexity index is 1890. The number of rotatable bonds is 14. The number of alkyl halides is 1. The van der Waals surface area contributed by atoms with E-state index in [1.165, 1.54) is 14.2 Å². The molecule has 0 spiro atoms. The van der Waals surface area contributed by atoms with Gasteiger partial charge in [-0.25, -0.2) is 9.18 Å². The lowest BCUT2D eigenvalue weighted by molar-refractivity contribution is -0.481. The number of nitrogens with zero attached hydrogens (tertiary/aromatic N) is 2. The van der Waals surface area contributed by atoms with Gasteiger partial charge in [-0.3, -0.25) is 29.3 Å². The zero-order valence-corrected chi connectivity index (χ0v) is 27.2. The largest absolute Gasteiger partial charge is 0.496 e. The molecular formula is C35H37FN4O10. The van der Waals surface area contributed by atoms with Gasteiger partial charge in [-0.1, -0.05) is 66.7 Å². The summed E-state index contributed by atoms with van der Waals surface area (Å²) >= 11 is 0. The third-order valence-corrected chi connectivity index (χ3v) is 9.10. The molecule has 5 rings (SSSR count). The molecule has 1 aromatic heterocycles. The monoisotopic (exact) mass is 692 g/mol. The van der Waals surface area contributed by atoms with Crippen molar-refractivity contribution < 1.29 is 38.5 Å². The van der Waals surface area contributed by atoms with Gasteiger partial charge < -0.3 is 29.7 Å². The molecule has 15 heteroatoms. The third kappa shape index (κ3) is 6.49. The quantitative estimate of drug-likeness (QED) is 0.0861. The third-order valence-electron chi connectivity index (χ3n) is 9.10. The number of halogens is 1. The Morgan fingerprint density at radius 2 is 1.64 bits per heavy atom. The van der Waals surface area contributed by atoms with Crippen LogP contribution in [0.3, 0.4) is 0 Å². The first-order valence-electron chi connectivity index (χ1n) is 15.7. The smallest absolute Gasteiger partial charge is 0.330 e. The number of aromatic nitrogens is 2. The molecule has 14 nitrogen and oxygen atoms in total. The summed E-state index contributed by atoms with van der Waals surface area (Å²) in [5.41, 5.74) is -4.22. The van der Waals surface area contributed by atoms with Crippen molar-refractivity contribution in [2.75, 3.05) is 27.4 Å². The van der Waals surface area contributed by atoms with E-state index < -0.39 is 83.6 Å². The highest BCUT2D eigenvalue weighted by molar-refractivity contribution is 5.77. The van der Waals surface area contributed by atoms with Gasteiger partial charge in [-0.05, 0) is 17.7 Å². The fraction of sp³-hybridized carbons (Fsp3) is 0.343. The first-order valence-corrected chi connectivity index (χ1v) is 15.7. The zero-order valence-electron chi connectivity index (χ0n) is 27.2. The maximum Gasteiger partial charge on any atom is 0.330 e. The van der Waals surface area contributed by atoms with Crippen molar-refractivity contribution >= 4 is 5.91 Å². The maximum absolute atomic E-state index is 13.6. The predicted octanol–water partition coefficient (Wildman–Crippen LogP) is 1.87. The number of benzene rings is 3. The Labute approximate surface area is 285 Å². The fourth-order valence-electron chi connectivity index (χ4n) is 7.03. The summed E-state index contributed by atoms with van der Waals surface area (Å²) in [5, 5.41) is 38.8. The van der Waals surface area contributed by atoms with Crippen molar-refractivity contribution in [3.05, 3.63) is 139 Å². The number of H-pyrrole nitrogens is 1. The Hall–Kier alpha value is -5.38. The van der Waals surface area contributed by atoms with E-state index in [2.05, 4.69) is 10.3 Å². The number of aromatic amines is 1. The molecule has 2 heterocycles. The van der Waals surface area contributed by atoms with E-state index in [0.717, 1.165) is 16.8 Å². The number of hydrogen-bond donors (Lipinski definition) is 4. The number of carbonyl (C=O) groups excluding carboxylic acids is 1. The minimum atomic E-state index is -2.17. The van der Waals surface area contributed by atoms with Gasteiger partial charge in [0.05, 0.1) is 31.8 Å². The lowest BCUT2D eigenvalue weighted by Crippen LogP contribution is -2.59. The van der Waals surface area contributed by atoms with Crippen molar-refractivity contribution in [2.24, 2.45) is 0 Å². The van der Waals surface area contributed by atoms with Gasteiger partial charge in [0.2, 0.25) is 6.54 Å². The highest BCUT2D eigenvalue weighted by Gasteiger charge is 2.60. The highest BCUT2D eigenvalue weighted by atomic mass is 19.1. The van der Waals surface area contributed by atoms with E-state index in [1.807, 2.05) is 0 Å². The number of nitrogens with one attached hydrogen (secondary N) is 2. The van der Waals surface area contributed by atoms with Crippen molar-refractivity contribution in [3.63, 3.8) is 0 Å². The van der Waals surface area contributed by atoms with Crippen LogP contribution in [0.5, 0.6) is 11.5 Å². The maximum atomic E-state index is 13.6. The highest BCUT2D eigenvalue weighted by Crippen LogP contribution is 2.52. The van der Waals surface area contributed by atoms with E-state index in [0.29, 0.717) is 28.2 Å². The molecule has 2 unspecified atom stereocenters. The number of aliphatic hydroxyl groups excluding tert-OH is 2. The first kappa shape index (κ1) is 35.9. The summed E-state index contributed by atoms with van der Waals surface area (Å²) < 4.78 is 32.7. The van der Waals surface area contributed by atoms with E-state index in [-0.39, 0.29) is 0 Å². The summed E-state index contributed by atoms with van der Waals surface area (Å²) in [6.45, 7) is -2.25. The van der Waals surface area contributed by atoms with Crippen molar-refractivity contribution in [1.82, 2.24) is 14.9 Å². The van der Waals surface area contributed by atoms with E-state index in [1.54, 1.807) is 78.9 Å².